The van der Waals surface area contributed by atoms with E-state index in [-0.39, 0.29) is 11.9 Å². The molecule has 0 spiro atoms. The standard InChI is InChI=1S/C15H22N6O/c1-9-8-16-5-6-21(9)15(22)13-7-12(17-18-13)14-10(2)19-20(4)11(14)3/h7,9,16H,5-6,8H2,1-4H3,(H,17,18)/t9-/m0/s1. The van der Waals surface area contributed by atoms with Crippen LogP contribution in [0.5, 0.6) is 0 Å². The van der Waals surface area contributed by atoms with E-state index in [0.717, 1.165) is 42.3 Å². The first kappa shape index (κ1) is 14.8. The molecule has 0 bridgehead atoms. The predicted octanol–water partition coefficient (Wildman–Crippen LogP) is 0.861. The first-order chi connectivity index (χ1) is 10.5. The Morgan fingerprint density at radius 1 is 1.41 bits per heavy atom. The van der Waals surface area contributed by atoms with Crippen LogP contribution < -0.4 is 5.32 Å². The lowest BCUT2D eigenvalue weighted by atomic mass is 10.1. The topological polar surface area (TPSA) is 78.8 Å². The lowest BCUT2D eigenvalue weighted by molar-refractivity contribution is 0.0649. The van der Waals surface area contributed by atoms with E-state index < -0.39 is 0 Å². The van der Waals surface area contributed by atoms with Crippen molar-refractivity contribution < 1.29 is 4.79 Å². The largest absolute Gasteiger partial charge is 0.332 e. The molecule has 2 aromatic heterocycles. The lowest BCUT2D eigenvalue weighted by Crippen LogP contribution is -2.52. The van der Waals surface area contributed by atoms with Gasteiger partial charge >= 0.3 is 0 Å². The third-order valence-electron chi connectivity index (χ3n) is 4.34. The fourth-order valence-electron chi connectivity index (χ4n) is 3.00. The molecule has 3 rings (SSSR count). The van der Waals surface area contributed by atoms with Crippen LogP contribution in [0.1, 0.15) is 28.8 Å². The molecule has 3 heterocycles. The van der Waals surface area contributed by atoms with Crippen LogP contribution in [-0.4, -0.2) is 56.5 Å². The van der Waals surface area contributed by atoms with Gasteiger partial charge in [0.15, 0.2) is 0 Å². The van der Waals surface area contributed by atoms with Crippen molar-refractivity contribution in [1.29, 1.82) is 0 Å². The summed E-state index contributed by atoms with van der Waals surface area (Å²) < 4.78 is 1.83. The highest BCUT2D eigenvalue weighted by Crippen LogP contribution is 2.25. The Hall–Kier alpha value is -2.15. The number of nitrogens with one attached hydrogen (secondary N) is 2. The van der Waals surface area contributed by atoms with Crippen molar-refractivity contribution in [3.63, 3.8) is 0 Å². The Kier molecular flexibility index (Phi) is 3.74. The second-order valence-corrected chi connectivity index (χ2v) is 5.89. The van der Waals surface area contributed by atoms with Gasteiger partial charge in [-0.25, -0.2) is 0 Å². The summed E-state index contributed by atoms with van der Waals surface area (Å²) >= 11 is 0. The Bertz CT molecular complexity index is 701. The van der Waals surface area contributed by atoms with Gasteiger partial charge in [0, 0.05) is 44.0 Å². The SMILES string of the molecule is Cc1nn(C)c(C)c1-c1cc(C(=O)N2CCNC[C@@H]2C)[nH]n1. The quantitative estimate of drug-likeness (QED) is 0.862. The highest BCUT2D eigenvalue weighted by atomic mass is 16.2. The van der Waals surface area contributed by atoms with Crippen LogP contribution in [0, 0.1) is 13.8 Å². The number of hydrogen-bond acceptors (Lipinski definition) is 4. The van der Waals surface area contributed by atoms with Crippen LogP contribution in [0.3, 0.4) is 0 Å². The summed E-state index contributed by atoms with van der Waals surface area (Å²) in [6, 6.07) is 2.02. The van der Waals surface area contributed by atoms with Crippen molar-refractivity contribution in [2.45, 2.75) is 26.8 Å². The molecule has 1 amide bonds. The van der Waals surface area contributed by atoms with E-state index in [1.807, 2.05) is 36.5 Å². The molecule has 7 heteroatoms. The van der Waals surface area contributed by atoms with E-state index in [9.17, 15) is 4.79 Å². The molecule has 2 aromatic rings. The van der Waals surface area contributed by atoms with Gasteiger partial charge in [0.05, 0.1) is 11.4 Å². The molecule has 118 valence electrons. The molecule has 1 atom stereocenters. The number of H-pyrrole nitrogens is 1. The Labute approximate surface area is 129 Å². The number of aromatic amines is 1. The Balaban J connectivity index is 1.89. The molecule has 1 aliphatic rings. The van der Waals surface area contributed by atoms with Crippen molar-refractivity contribution in [3.05, 3.63) is 23.1 Å². The molecule has 2 N–H and O–H groups in total. The summed E-state index contributed by atoms with van der Waals surface area (Å²) in [6.07, 6.45) is 0. The van der Waals surface area contributed by atoms with Crippen LogP contribution in [-0.2, 0) is 7.05 Å². The second-order valence-electron chi connectivity index (χ2n) is 5.89. The zero-order chi connectivity index (χ0) is 15.9. The zero-order valence-corrected chi connectivity index (χ0v) is 13.5. The average molecular weight is 302 g/mol. The summed E-state index contributed by atoms with van der Waals surface area (Å²) in [5.74, 6) is 0.00643. The second kappa shape index (κ2) is 5.57. The summed E-state index contributed by atoms with van der Waals surface area (Å²) in [5.41, 5.74) is 4.26. The van der Waals surface area contributed by atoms with Crippen LogP contribution >= 0.6 is 0 Å². The van der Waals surface area contributed by atoms with Crippen molar-refractivity contribution in [2.75, 3.05) is 19.6 Å². The van der Waals surface area contributed by atoms with Crippen molar-refractivity contribution in [3.8, 4) is 11.3 Å². The van der Waals surface area contributed by atoms with Gasteiger partial charge in [0.2, 0.25) is 0 Å². The third kappa shape index (κ3) is 2.41. The predicted molar refractivity (Wildman–Crippen MR) is 83.6 cm³/mol. The number of piperazine rings is 1. The number of nitrogens with zero attached hydrogens (tertiary/aromatic N) is 4. The molecule has 0 radical (unpaired) electrons. The van der Waals surface area contributed by atoms with Crippen LogP contribution in [0.15, 0.2) is 6.07 Å². The van der Waals surface area contributed by atoms with Crippen LogP contribution in [0.2, 0.25) is 0 Å². The minimum Gasteiger partial charge on any atom is -0.332 e. The van der Waals surface area contributed by atoms with Crippen molar-refractivity contribution >= 4 is 5.91 Å². The number of carbonyl (C=O) groups is 1. The summed E-state index contributed by atoms with van der Waals surface area (Å²) in [5, 5.41) is 14.9. The summed E-state index contributed by atoms with van der Waals surface area (Å²) in [7, 11) is 1.91. The van der Waals surface area contributed by atoms with Gasteiger partial charge in [-0.3, -0.25) is 14.6 Å². The number of rotatable bonds is 2. The number of aryl methyl sites for hydroxylation is 2. The van der Waals surface area contributed by atoms with Crippen LogP contribution in [0.4, 0.5) is 0 Å². The Morgan fingerprint density at radius 3 is 2.82 bits per heavy atom. The van der Waals surface area contributed by atoms with Gasteiger partial charge < -0.3 is 10.2 Å². The summed E-state index contributed by atoms with van der Waals surface area (Å²) in [4.78, 5) is 14.5. The maximum atomic E-state index is 12.6. The van der Waals surface area contributed by atoms with Crippen LogP contribution in [0.25, 0.3) is 11.3 Å². The number of carbonyl (C=O) groups excluding carboxylic acids is 1. The smallest absolute Gasteiger partial charge is 0.272 e. The Morgan fingerprint density at radius 2 is 2.18 bits per heavy atom. The number of amides is 1. The van der Waals surface area contributed by atoms with Gasteiger partial charge in [-0.05, 0) is 26.8 Å². The first-order valence-corrected chi connectivity index (χ1v) is 7.56. The monoisotopic (exact) mass is 302 g/mol. The van der Waals surface area contributed by atoms with E-state index in [0.29, 0.717) is 5.69 Å². The van der Waals surface area contributed by atoms with Gasteiger partial charge in [-0.15, -0.1) is 0 Å². The fourth-order valence-corrected chi connectivity index (χ4v) is 3.00. The lowest BCUT2D eigenvalue weighted by Gasteiger charge is -2.33. The van der Waals surface area contributed by atoms with E-state index in [2.05, 4.69) is 27.5 Å². The molecular formula is C15H22N6O. The zero-order valence-electron chi connectivity index (χ0n) is 13.5. The maximum Gasteiger partial charge on any atom is 0.272 e. The normalized spacial score (nSPS) is 18.7. The molecule has 0 unspecified atom stereocenters. The third-order valence-corrected chi connectivity index (χ3v) is 4.34. The molecule has 0 aliphatic carbocycles. The van der Waals surface area contributed by atoms with E-state index in [4.69, 9.17) is 0 Å². The highest BCUT2D eigenvalue weighted by molar-refractivity contribution is 5.93. The average Bonchev–Trinajstić information content (AvgIpc) is 3.05. The van der Waals surface area contributed by atoms with Gasteiger partial charge in [0.25, 0.3) is 5.91 Å². The maximum absolute atomic E-state index is 12.6. The number of hydrogen-bond donors (Lipinski definition) is 2. The van der Waals surface area contributed by atoms with Crippen molar-refractivity contribution in [2.24, 2.45) is 7.05 Å². The molecule has 1 saturated heterocycles. The minimum absolute atomic E-state index is 0.00643. The molecule has 22 heavy (non-hydrogen) atoms. The molecule has 1 aliphatic heterocycles. The van der Waals surface area contributed by atoms with Gasteiger partial charge in [-0.2, -0.15) is 10.2 Å². The van der Waals surface area contributed by atoms with Gasteiger partial charge in [0.1, 0.15) is 5.69 Å². The molecule has 7 nitrogen and oxygen atoms in total. The fraction of sp³-hybridized carbons (Fsp3) is 0.533. The van der Waals surface area contributed by atoms with E-state index in [1.54, 1.807) is 0 Å². The summed E-state index contributed by atoms with van der Waals surface area (Å²) in [6.45, 7) is 8.39. The highest BCUT2D eigenvalue weighted by Gasteiger charge is 2.26. The minimum atomic E-state index is 0.00643. The first-order valence-electron chi connectivity index (χ1n) is 7.56. The van der Waals surface area contributed by atoms with Gasteiger partial charge in [-0.1, -0.05) is 0 Å². The van der Waals surface area contributed by atoms with E-state index in [1.165, 1.54) is 0 Å². The number of aromatic nitrogens is 4. The molecular weight excluding hydrogens is 280 g/mol. The molecule has 0 aromatic carbocycles. The van der Waals surface area contributed by atoms with Crippen molar-refractivity contribution in [1.82, 2.24) is 30.2 Å². The molecule has 0 saturated carbocycles. The molecule has 1 fully saturated rings. The van der Waals surface area contributed by atoms with E-state index >= 15 is 0 Å².